The van der Waals surface area contributed by atoms with Gasteiger partial charge in [0.05, 0.1) is 0 Å². The second kappa shape index (κ2) is 6.25. The van der Waals surface area contributed by atoms with E-state index in [9.17, 15) is 0 Å². The molecule has 0 bridgehead atoms. The van der Waals surface area contributed by atoms with Crippen LogP contribution in [0.15, 0.2) is 36.4 Å². The summed E-state index contributed by atoms with van der Waals surface area (Å²) in [5.41, 5.74) is 9.61. The fourth-order valence-electron chi connectivity index (χ4n) is 2.10. The predicted molar refractivity (Wildman–Crippen MR) is 87.6 cm³/mol. The molecule has 2 nitrogen and oxygen atoms in total. The molecule has 2 rings (SSSR count). The summed E-state index contributed by atoms with van der Waals surface area (Å²) in [5, 5.41) is 0.711. The summed E-state index contributed by atoms with van der Waals surface area (Å²) in [6, 6.07) is 11.5. The molecular formula is C16H16ClNOS. The third-order valence-electron chi connectivity index (χ3n) is 3.02. The number of halogens is 1. The third-order valence-corrected chi connectivity index (χ3v) is 3.49. The monoisotopic (exact) mass is 305 g/mol. The van der Waals surface area contributed by atoms with Crippen LogP contribution in [0.4, 0.5) is 0 Å². The first kappa shape index (κ1) is 14.8. The molecule has 0 heterocycles. The second-order valence-corrected chi connectivity index (χ2v) is 5.60. The molecular weight excluding hydrogens is 290 g/mol. The van der Waals surface area contributed by atoms with Crippen LogP contribution >= 0.6 is 23.8 Å². The quantitative estimate of drug-likeness (QED) is 0.861. The molecule has 0 aliphatic heterocycles. The average molecular weight is 306 g/mol. The van der Waals surface area contributed by atoms with Gasteiger partial charge in [-0.2, -0.15) is 0 Å². The number of ether oxygens (including phenoxy) is 1. The van der Waals surface area contributed by atoms with E-state index in [-0.39, 0.29) is 0 Å². The van der Waals surface area contributed by atoms with E-state index in [1.54, 1.807) is 0 Å². The van der Waals surface area contributed by atoms with Crippen LogP contribution in [-0.2, 0) is 6.61 Å². The van der Waals surface area contributed by atoms with Crippen LogP contribution in [0, 0.1) is 13.8 Å². The van der Waals surface area contributed by atoms with Gasteiger partial charge in [0.2, 0.25) is 0 Å². The number of benzene rings is 2. The molecule has 2 N–H and O–H groups in total. The average Bonchev–Trinajstić information content (AvgIpc) is 2.37. The van der Waals surface area contributed by atoms with Crippen LogP contribution in [0.2, 0.25) is 5.02 Å². The van der Waals surface area contributed by atoms with E-state index < -0.39 is 0 Å². The van der Waals surface area contributed by atoms with Crippen molar-refractivity contribution in [2.75, 3.05) is 0 Å². The normalized spacial score (nSPS) is 10.3. The second-order valence-electron chi connectivity index (χ2n) is 4.72. The molecule has 0 atom stereocenters. The highest BCUT2D eigenvalue weighted by molar-refractivity contribution is 7.80. The molecule has 0 fully saturated rings. The van der Waals surface area contributed by atoms with Crippen molar-refractivity contribution in [1.82, 2.24) is 0 Å². The minimum atomic E-state index is 0.401. The highest BCUT2D eigenvalue weighted by atomic mass is 35.5. The first-order valence-electron chi connectivity index (χ1n) is 6.25. The molecule has 2 aromatic rings. The maximum absolute atomic E-state index is 5.96. The van der Waals surface area contributed by atoms with E-state index in [0.29, 0.717) is 16.6 Å². The summed E-state index contributed by atoms with van der Waals surface area (Å²) >= 11 is 11.0. The first-order chi connectivity index (χ1) is 9.47. The Hall–Kier alpha value is -1.58. The van der Waals surface area contributed by atoms with Gasteiger partial charge in [0.1, 0.15) is 17.3 Å². The Morgan fingerprint density at radius 2 is 1.85 bits per heavy atom. The van der Waals surface area contributed by atoms with E-state index >= 15 is 0 Å². The third kappa shape index (κ3) is 3.50. The summed E-state index contributed by atoms with van der Waals surface area (Å²) in [6.07, 6.45) is 0. The predicted octanol–water partition coefficient (Wildman–Crippen LogP) is 4.17. The van der Waals surface area contributed by atoms with Crippen LogP contribution in [0.1, 0.15) is 22.3 Å². The van der Waals surface area contributed by atoms with Crippen LogP contribution in [0.25, 0.3) is 0 Å². The van der Waals surface area contributed by atoms with Crippen molar-refractivity contribution in [2.45, 2.75) is 20.5 Å². The largest absolute Gasteiger partial charge is 0.488 e. The molecule has 0 aromatic heterocycles. The zero-order valence-electron chi connectivity index (χ0n) is 11.4. The van der Waals surface area contributed by atoms with E-state index in [4.69, 9.17) is 34.3 Å². The van der Waals surface area contributed by atoms with E-state index in [1.807, 2.05) is 50.2 Å². The zero-order valence-corrected chi connectivity index (χ0v) is 13.0. The Labute approximate surface area is 129 Å². The fourth-order valence-corrected chi connectivity index (χ4v) is 2.43. The smallest absolute Gasteiger partial charge is 0.125 e. The molecule has 0 radical (unpaired) electrons. The van der Waals surface area contributed by atoms with Gasteiger partial charge in [0, 0.05) is 10.6 Å². The maximum atomic E-state index is 5.96. The summed E-state index contributed by atoms with van der Waals surface area (Å²) in [4.78, 5) is 0.401. The summed E-state index contributed by atoms with van der Waals surface area (Å²) in [7, 11) is 0. The van der Waals surface area contributed by atoms with Crippen molar-refractivity contribution in [3.05, 3.63) is 63.7 Å². The summed E-state index contributed by atoms with van der Waals surface area (Å²) in [6.45, 7) is 4.46. The van der Waals surface area contributed by atoms with Crippen LogP contribution in [0.5, 0.6) is 5.75 Å². The zero-order chi connectivity index (χ0) is 14.7. The number of aryl methyl sites for hydroxylation is 2. The van der Waals surface area contributed by atoms with Gasteiger partial charge in [-0.15, -0.1) is 0 Å². The molecule has 0 aliphatic carbocycles. The molecule has 0 aliphatic rings. The Balaban J connectivity index is 2.20. The number of rotatable bonds is 4. The van der Waals surface area contributed by atoms with E-state index in [2.05, 4.69) is 0 Å². The van der Waals surface area contributed by atoms with Crippen molar-refractivity contribution in [3.8, 4) is 5.75 Å². The lowest BCUT2D eigenvalue weighted by Crippen LogP contribution is -2.10. The minimum Gasteiger partial charge on any atom is -0.488 e. The molecule has 0 spiro atoms. The fraction of sp³-hybridized carbons (Fsp3) is 0.188. The highest BCUT2D eigenvalue weighted by Gasteiger charge is 2.08. The van der Waals surface area contributed by atoms with Crippen LogP contribution < -0.4 is 10.5 Å². The van der Waals surface area contributed by atoms with Crippen molar-refractivity contribution in [1.29, 1.82) is 0 Å². The molecule has 0 saturated heterocycles. The lowest BCUT2D eigenvalue weighted by molar-refractivity contribution is 0.302. The van der Waals surface area contributed by atoms with Crippen molar-refractivity contribution < 1.29 is 4.74 Å². The number of nitrogens with two attached hydrogens (primary N) is 1. The van der Waals surface area contributed by atoms with Gasteiger partial charge < -0.3 is 10.5 Å². The van der Waals surface area contributed by atoms with Crippen molar-refractivity contribution in [3.63, 3.8) is 0 Å². The lowest BCUT2D eigenvalue weighted by Gasteiger charge is -2.14. The number of hydrogen-bond acceptors (Lipinski definition) is 2. The number of hydrogen-bond donors (Lipinski definition) is 1. The van der Waals surface area contributed by atoms with Gasteiger partial charge in [0.15, 0.2) is 0 Å². The van der Waals surface area contributed by atoms with E-state index in [1.165, 1.54) is 0 Å². The molecule has 104 valence electrons. The highest BCUT2D eigenvalue weighted by Crippen LogP contribution is 2.26. The first-order valence-corrected chi connectivity index (χ1v) is 7.04. The minimum absolute atomic E-state index is 0.401. The topological polar surface area (TPSA) is 35.2 Å². The molecule has 2 aromatic carbocycles. The molecule has 0 amide bonds. The van der Waals surface area contributed by atoms with E-state index in [0.717, 1.165) is 28.0 Å². The Bertz CT molecular complexity index is 632. The molecule has 0 saturated carbocycles. The van der Waals surface area contributed by atoms with Gasteiger partial charge in [-0.05, 0) is 54.8 Å². The summed E-state index contributed by atoms with van der Waals surface area (Å²) < 4.78 is 5.90. The Morgan fingerprint density at radius 1 is 1.20 bits per heavy atom. The van der Waals surface area contributed by atoms with Gasteiger partial charge in [-0.3, -0.25) is 0 Å². The van der Waals surface area contributed by atoms with Crippen LogP contribution in [0.3, 0.4) is 0 Å². The standard InChI is InChI=1S/C16H16ClNOS/c1-10-6-13(16(18)20)7-11(2)15(10)19-9-12-4-3-5-14(17)8-12/h3-8H,9H2,1-2H3,(H2,18,20). The Morgan fingerprint density at radius 3 is 2.40 bits per heavy atom. The number of thiocarbonyl (C=S) groups is 1. The van der Waals surface area contributed by atoms with Crippen LogP contribution in [-0.4, -0.2) is 4.99 Å². The SMILES string of the molecule is Cc1cc(C(N)=S)cc(C)c1OCc1cccc(Cl)c1. The van der Waals surface area contributed by atoms with Gasteiger partial charge in [-0.1, -0.05) is 36.0 Å². The lowest BCUT2D eigenvalue weighted by atomic mass is 10.1. The van der Waals surface area contributed by atoms with Crippen molar-refractivity contribution >= 4 is 28.8 Å². The molecule has 20 heavy (non-hydrogen) atoms. The Kier molecular flexibility index (Phi) is 4.63. The molecule has 0 unspecified atom stereocenters. The van der Waals surface area contributed by atoms with Gasteiger partial charge >= 0.3 is 0 Å². The summed E-state index contributed by atoms with van der Waals surface area (Å²) in [5.74, 6) is 0.866. The maximum Gasteiger partial charge on any atom is 0.125 e. The molecule has 4 heteroatoms. The van der Waals surface area contributed by atoms with Crippen molar-refractivity contribution in [2.24, 2.45) is 5.73 Å². The van der Waals surface area contributed by atoms with Gasteiger partial charge in [-0.25, -0.2) is 0 Å². The van der Waals surface area contributed by atoms with Gasteiger partial charge in [0.25, 0.3) is 0 Å².